The molecule has 0 N–H and O–H groups in total. The Balaban J connectivity index is 1.54. The highest BCUT2D eigenvalue weighted by Gasteiger charge is 2.55. The summed E-state index contributed by atoms with van der Waals surface area (Å²) < 4.78 is 0. The number of benzene rings is 1. The molecule has 0 unspecified atom stereocenters. The quantitative estimate of drug-likeness (QED) is 0.812. The molecule has 0 radical (unpaired) electrons. The van der Waals surface area contributed by atoms with Crippen LogP contribution in [0.15, 0.2) is 24.3 Å². The van der Waals surface area contributed by atoms with Gasteiger partial charge in [-0.2, -0.15) is 0 Å². The zero-order valence-corrected chi connectivity index (χ0v) is 15.5. The highest BCUT2D eigenvalue weighted by atomic mass is 35.5. The molecular weight excluding hydrogens is 336 g/mol. The van der Waals surface area contributed by atoms with Crippen LogP contribution in [0.3, 0.4) is 0 Å². The molecule has 2 amide bonds. The van der Waals surface area contributed by atoms with Gasteiger partial charge in [0.15, 0.2) is 0 Å². The van der Waals surface area contributed by atoms with Crippen LogP contribution >= 0.6 is 11.6 Å². The normalized spacial score (nSPS) is 27.6. The molecule has 25 heavy (non-hydrogen) atoms. The van der Waals surface area contributed by atoms with Crippen molar-refractivity contribution in [3.63, 3.8) is 0 Å². The summed E-state index contributed by atoms with van der Waals surface area (Å²) in [5, 5.41) is 0.710. The van der Waals surface area contributed by atoms with Crippen LogP contribution < -0.4 is 0 Å². The topological polar surface area (TPSA) is 40.6 Å². The van der Waals surface area contributed by atoms with Crippen LogP contribution in [0.4, 0.5) is 0 Å². The predicted molar refractivity (Wildman–Crippen MR) is 97.5 cm³/mol. The minimum Gasteiger partial charge on any atom is -0.343 e. The van der Waals surface area contributed by atoms with Gasteiger partial charge < -0.3 is 9.80 Å². The monoisotopic (exact) mass is 360 g/mol. The number of carbonyl (C=O) groups is 2. The van der Waals surface area contributed by atoms with Gasteiger partial charge in [-0.25, -0.2) is 0 Å². The van der Waals surface area contributed by atoms with E-state index < -0.39 is 0 Å². The third-order valence-corrected chi connectivity index (χ3v) is 6.58. The molecule has 3 aliphatic rings. The van der Waals surface area contributed by atoms with Crippen LogP contribution in [0.1, 0.15) is 44.6 Å². The van der Waals surface area contributed by atoms with Crippen molar-refractivity contribution in [3.8, 4) is 0 Å². The van der Waals surface area contributed by atoms with Crippen molar-refractivity contribution >= 4 is 23.4 Å². The molecule has 4 rings (SSSR count). The van der Waals surface area contributed by atoms with Gasteiger partial charge in [0, 0.05) is 37.6 Å². The Hall–Kier alpha value is -1.55. The van der Waals surface area contributed by atoms with Crippen molar-refractivity contribution in [2.45, 2.75) is 50.5 Å². The van der Waals surface area contributed by atoms with Crippen molar-refractivity contribution in [1.29, 1.82) is 0 Å². The molecule has 1 saturated carbocycles. The molecule has 2 heterocycles. The average molecular weight is 361 g/mol. The minimum absolute atomic E-state index is 0.154. The van der Waals surface area contributed by atoms with Crippen molar-refractivity contribution in [2.75, 3.05) is 19.6 Å². The molecule has 3 fully saturated rings. The van der Waals surface area contributed by atoms with E-state index >= 15 is 0 Å². The van der Waals surface area contributed by atoms with Crippen molar-refractivity contribution in [1.82, 2.24) is 9.80 Å². The zero-order chi connectivity index (χ0) is 17.6. The highest BCUT2D eigenvalue weighted by Crippen LogP contribution is 2.51. The number of halogens is 1. The summed E-state index contributed by atoms with van der Waals surface area (Å²) >= 11 is 6.01. The maximum Gasteiger partial charge on any atom is 0.233 e. The average Bonchev–Trinajstić information content (AvgIpc) is 3.42. The first-order valence-corrected chi connectivity index (χ1v) is 9.72. The lowest BCUT2D eigenvalue weighted by atomic mass is 9.82. The summed E-state index contributed by atoms with van der Waals surface area (Å²) in [5.41, 5.74) is 0.773. The largest absolute Gasteiger partial charge is 0.343 e. The van der Waals surface area contributed by atoms with Gasteiger partial charge in [-0.1, -0.05) is 23.7 Å². The maximum atomic E-state index is 13.5. The first kappa shape index (κ1) is 16.9. The molecule has 0 bridgehead atoms. The smallest absolute Gasteiger partial charge is 0.233 e. The van der Waals surface area contributed by atoms with Gasteiger partial charge in [-0.3, -0.25) is 9.59 Å². The molecule has 0 aromatic heterocycles. The van der Waals surface area contributed by atoms with Gasteiger partial charge in [0.05, 0.1) is 5.41 Å². The highest BCUT2D eigenvalue weighted by molar-refractivity contribution is 6.30. The van der Waals surface area contributed by atoms with Crippen LogP contribution in [0.5, 0.6) is 0 Å². The lowest BCUT2D eigenvalue weighted by Crippen LogP contribution is -2.58. The van der Waals surface area contributed by atoms with Crippen LogP contribution in [0, 0.1) is 5.92 Å². The van der Waals surface area contributed by atoms with Gasteiger partial charge in [-0.15, -0.1) is 0 Å². The lowest BCUT2D eigenvalue weighted by molar-refractivity contribution is -0.143. The molecule has 5 heteroatoms. The fourth-order valence-corrected chi connectivity index (χ4v) is 4.86. The molecule has 2 atom stereocenters. The number of fused-ring (bicyclic) bond motifs is 1. The molecule has 0 spiro atoms. The van der Waals surface area contributed by atoms with E-state index in [4.69, 9.17) is 11.6 Å². The Bertz CT molecular complexity index is 683. The molecule has 134 valence electrons. The third kappa shape index (κ3) is 2.95. The molecular formula is C20H25ClN2O2. The summed E-state index contributed by atoms with van der Waals surface area (Å²) in [6.45, 7) is 4.08. The van der Waals surface area contributed by atoms with Gasteiger partial charge in [0.25, 0.3) is 0 Å². The first-order valence-electron chi connectivity index (χ1n) is 9.34. The Labute approximate surface area is 154 Å². The van der Waals surface area contributed by atoms with Crippen LogP contribution in [-0.4, -0.2) is 47.3 Å². The van der Waals surface area contributed by atoms with Crippen molar-refractivity contribution < 1.29 is 9.59 Å². The van der Waals surface area contributed by atoms with E-state index in [-0.39, 0.29) is 11.3 Å². The number of rotatable bonds is 2. The molecule has 2 saturated heterocycles. The second-order valence-electron chi connectivity index (χ2n) is 7.81. The van der Waals surface area contributed by atoms with Crippen LogP contribution in [0.25, 0.3) is 0 Å². The Morgan fingerprint density at radius 1 is 1.12 bits per heavy atom. The van der Waals surface area contributed by atoms with E-state index in [0.29, 0.717) is 22.9 Å². The van der Waals surface area contributed by atoms with Gasteiger partial charge in [-0.05, 0) is 55.7 Å². The van der Waals surface area contributed by atoms with E-state index in [1.807, 2.05) is 29.2 Å². The van der Waals surface area contributed by atoms with E-state index in [9.17, 15) is 9.59 Å². The number of carbonyl (C=O) groups excluding carboxylic acids is 2. The van der Waals surface area contributed by atoms with E-state index in [0.717, 1.165) is 57.3 Å². The first-order chi connectivity index (χ1) is 12.0. The third-order valence-electron chi connectivity index (χ3n) is 6.33. The van der Waals surface area contributed by atoms with Gasteiger partial charge >= 0.3 is 0 Å². The minimum atomic E-state index is -0.329. The number of amides is 2. The number of likely N-dealkylation sites (tertiary alicyclic amines) is 2. The fourth-order valence-electron chi connectivity index (χ4n) is 4.74. The summed E-state index contributed by atoms with van der Waals surface area (Å²) in [6.07, 6.45) is 4.93. The Morgan fingerprint density at radius 3 is 2.48 bits per heavy atom. The molecule has 2 aliphatic heterocycles. The van der Waals surface area contributed by atoms with E-state index in [2.05, 4.69) is 4.90 Å². The number of nitrogens with zero attached hydrogens (tertiary/aromatic N) is 2. The van der Waals surface area contributed by atoms with Gasteiger partial charge in [0.2, 0.25) is 11.8 Å². The summed E-state index contributed by atoms with van der Waals surface area (Å²) in [5.74, 6) is 0.874. The number of hydrogen-bond acceptors (Lipinski definition) is 2. The molecule has 1 aromatic carbocycles. The van der Waals surface area contributed by atoms with Crippen molar-refractivity contribution in [2.24, 2.45) is 5.92 Å². The zero-order valence-electron chi connectivity index (χ0n) is 14.7. The molecule has 1 aliphatic carbocycles. The maximum absolute atomic E-state index is 13.5. The van der Waals surface area contributed by atoms with Crippen LogP contribution in [-0.2, 0) is 15.0 Å². The summed E-state index contributed by atoms with van der Waals surface area (Å²) in [4.78, 5) is 29.2. The van der Waals surface area contributed by atoms with Gasteiger partial charge in [0.1, 0.15) is 0 Å². The molecule has 1 aromatic rings. The lowest BCUT2D eigenvalue weighted by Gasteiger charge is -2.48. The van der Waals surface area contributed by atoms with Crippen molar-refractivity contribution in [3.05, 3.63) is 34.9 Å². The van der Waals surface area contributed by atoms with E-state index in [1.54, 1.807) is 6.92 Å². The molecule has 4 nitrogen and oxygen atoms in total. The Morgan fingerprint density at radius 2 is 1.84 bits per heavy atom. The SMILES string of the molecule is CC(=O)N1CC[C@H]2[C@H](CCCN2C(=O)C2(c3ccc(Cl)cc3)CC2)C1. The fraction of sp³-hybridized carbons (Fsp3) is 0.600. The second-order valence-corrected chi connectivity index (χ2v) is 8.25. The summed E-state index contributed by atoms with van der Waals surface area (Å²) in [7, 11) is 0. The number of piperidine rings is 2. The van der Waals surface area contributed by atoms with E-state index in [1.165, 1.54) is 0 Å². The second kappa shape index (κ2) is 6.31. The van der Waals surface area contributed by atoms with Crippen LogP contribution in [0.2, 0.25) is 5.02 Å². The number of hydrogen-bond donors (Lipinski definition) is 0. The predicted octanol–water partition coefficient (Wildman–Crippen LogP) is 3.23. The standard InChI is InChI=1S/C20H25ClN2O2/c1-14(24)22-12-8-18-15(13-22)3-2-11-23(18)19(25)20(9-10-20)16-4-6-17(21)7-5-16/h4-7,15,18H,2-3,8-13H2,1H3/t15-,18+/m1/s1. The Kier molecular flexibility index (Phi) is 4.27. The summed E-state index contributed by atoms with van der Waals surface area (Å²) in [6, 6.07) is 8.07.